The van der Waals surface area contributed by atoms with Crippen LogP contribution in [0.3, 0.4) is 0 Å². The molecule has 1 aromatic heterocycles. The highest BCUT2D eigenvalue weighted by atomic mass is 32.1. The zero-order valence-electron chi connectivity index (χ0n) is 12.7. The van der Waals surface area contributed by atoms with Crippen LogP contribution in [0.5, 0.6) is 0 Å². The number of benzene rings is 4. The molecule has 0 N–H and O–H groups in total. The normalized spacial score (nSPS) is 11.8. The van der Waals surface area contributed by atoms with E-state index in [2.05, 4.69) is 0 Å². The summed E-state index contributed by atoms with van der Waals surface area (Å²) in [7, 11) is 0. The average Bonchev–Trinajstić information content (AvgIpc) is 3.17. The Morgan fingerprint density at radius 3 is 1.64 bits per heavy atom. The van der Waals surface area contributed by atoms with Gasteiger partial charge in [0.15, 0.2) is 0 Å². The Balaban J connectivity index is 2.18. The predicted octanol–water partition coefficient (Wildman–Crippen LogP) is 2.58. The van der Waals surface area contributed by atoms with Crippen molar-refractivity contribution in [2.75, 3.05) is 0 Å². The lowest BCUT2D eigenvalue weighted by Gasteiger charge is -2.15. The molecule has 5 heteroatoms. The minimum Gasteiger partial charge on any atom is -0.285 e. The zero-order valence-corrected chi connectivity index (χ0v) is 13.5. The van der Waals surface area contributed by atoms with Gasteiger partial charge in [0.05, 0.1) is 0 Å². The molecule has 4 nitrogen and oxygen atoms in total. The van der Waals surface area contributed by atoms with Crippen LogP contribution in [0.4, 0.5) is 0 Å². The van der Waals surface area contributed by atoms with E-state index >= 15 is 0 Å². The first kappa shape index (κ1) is 14.2. The van der Waals surface area contributed by atoms with Crippen molar-refractivity contribution in [2.24, 2.45) is 0 Å². The molecule has 0 saturated carbocycles. The Kier molecular flexibility index (Phi) is 2.65. The van der Waals surface area contributed by atoms with Crippen LogP contribution in [0.2, 0.25) is 0 Å². The van der Waals surface area contributed by atoms with Crippen molar-refractivity contribution >= 4 is 32.9 Å². The quantitative estimate of drug-likeness (QED) is 0.346. The van der Waals surface area contributed by atoms with Crippen LogP contribution in [0, 0.1) is 0 Å². The van der Waals surface area contributed by atoms with Gasteiger partial charge in [0.1, 0.15) is 0 Å². The first-order chi connectivity index (χ1) is 12.1. The molecule has 2 aromatic carbocycles. The topological polar surface area (TPSA) is 68.3 Å². The van der Waals surface area contributed by atoms with Crippen molar-refractivity contribution in [3.63, 3.8) is 0 Å². The van der Waals surface area contributed by atoms with Gasteiger partial charge in [-0.15, -0.1) is 0 Å². The predicted molar refractivity (Wildman–Crippen MR) is 100 cm³/mol. The Bertz CT molecular complexity index is 1370. The summed E-state index contributed by atoms with van der Waals surface area (Å²) >= 11 is 1.48. The minimum atomic E-state index is -0.639. The molecule has 0 saturated heterocycles. The highest BCUT2D eigenvalue weighted by Crippen LogP contribution is 2.37. The summed E-state index contributed by atoms with van der Waals surface area (Å²) in [5, 5.41) is 4.56. The molecule has 0 atom stereocenters. The van der Waals surface area contributed by atoms with E-state index in [0.717, 1.165) is 5.56 Å². The molecule has 2 aliphatic carbocycles. The van der Waals surface area contributed by atoms with Crippen LogP contribution in [-0.4, -0.2) is 0 Å². The molecule has 5 rings (SSSR count). The lowest BCUT2D eigenvalue weighted by Crippen LogP contribution is -2.31. The molecule has 0 aliphatic heterocycles. The van der Waals surface area contributed by atoms with E-state index in [1.807, 2.05) is 16.8 Å². The second kappa shape index (κ2) is 4.68. The Morgan fingerprint density at radius 1 is 0.600 bits per heavy atom. The van der Waals surface area contributed by atoms with Crippen LogP contribution in [0.15, 0.2) is 66.3 Å². The van der Waals surface area contributed by atoms with Crippen molar-refractivity contribution in [3.05, 3.63) is 88.1 Å². The number of hydrogen-bond acceptors (Lipinski definition) is 5. The molecular weight excluding hydrogens is 336 g/mol. The second-order valence-corrected chi connectivity index (χ2v) is 6.78. The maximum absolute atomic E-state index is 12.6. The van der Waals surface area contributed by atoms with E-state index in [1.54, 1.807) is 12.1 Å². The van der Waals surface area contributed by atoms with Gasteiger partial charge in [-0.05, 0) is 40.1 Å². The highest BCUT2D eigenvalue weighted by molar-refractivity contribution is 7.08. The van der Waals surface area contributed by atoms with E-state index < -0.39 is 21.7 Å². The van der Waals surface area contributed by atoms with Gasteiger partial charge >= 0.3 is 0 Å². The molecule has 2 aliphatic rings. The summed E-state index contributed by atoms with van der Waals surface area (Å²) in [6, 6.07) is 9.74. The molecule has 3 aromatic rings. The van der Waals surface area contributed by atoms with Gasteiger partial charge < -0.3 is 0 Å². The van der Waals surface area contributed by atoms with Gasteiger partial charge in [-0.1, -0.05) is 18.2 Å². The Hall–Kier alpha value is -3.18. The van der Waals surface area contributed by atoms with Crippen molar-refractivity contribution < 1.29 is 0 Å². The van der Waals surface area contributed by atoms with Gasteiger partial charge in [0.2, 0.25) is 21.7 Å². The maximum atomic E-state index is 12.6. The van der Waals surface area contributed by atoms with Gasteiger partial charge in [-0.25, -0.2) is 0 Å². The third kappa shape index (κ3) is 1.70. The molecule has 0 amide bonds. The van der Waals surface area contributed by atoms with Crippen LogP contribution in [-0.2, 0) is 0 Å². The molecule has 25 heavy (non-hydrogen) atoms. The Morgan fingerprint density at radius 2 is 1.12 bits per heavy atom. The van der Waals surface area contributed by atoms with E-state index in [-0.39, 0.29) is 21.5 Å². The minimum absolute atomic E-state index is 0.195. The lowest BCUT2D eigenvalue weighted by atomic mass is 9.85. The molecule has 0 fully saturated rings. The van der Waals surface area contributed by atoms with Gasteiger partial charge in [0, 0.05) is 32.7 Å². The van der Waals surface area contributed by atoms with Gasteiger partial charge in [0.25, 0.3) is 0 Å². The summed E-state index contributed by atoms with van der Waals surface area (Å²) in [5.41, 5.74) is -0.230. The van der Waals surface area contributed by atoms with E-state index in [9.17, 15) is 19.2 Å². The molecular formula is C20H8O4S. The second-order valence-electron chi connectivity index (χ2n) is 6.00. The van der Waals surface area contributed by atoms with E-state index in [1.165, 1.54) is 29.5 Å². The molecule has 0 spiro atoms. The number of rotatable bonds is 1. The number of thiophene rings is 1. The fourth-order valence-electron chi connectivity index (χ4n) is 3.55. The first-order valence-corrected chi connectivity index (χ1v) is 8.54. The first-order valence-electron chi connectivity index (χ1n) is 7.60. The SMILES string of the molecule is O=c1c(=O)c2cc(-c3ccsc3)cc3c2-c2c1cccc2c(=O)c3=O. The summed E-state index contributed by atoms with van der Waals surface area (Å²) in [5.74, 6) is 0. The number of hydrogen-bond donors (Lipinski definition) is 0. The highest BCUT2D eigenvalue weighted by Gasteiger charge is 2.25. The standard InChI is InChI=1S/C20H8O4S/c21-17-11-2-1-3-12-15(11)16-13(19(17)23)6-10(9-4-5-25-8-9)7-14(16)20(24)18(12)22/h1-8H. The van der Waals surface area contributed by atoms with Crippen LogP contribution < -0.4 is 21.7 Å². The zero-order chi connectivity index (χ0) is 17.3. The lowest BCUT2D eigenvalue weighted by molar-refractivity contribution is 1.50. The van der Waals surface area contributed by atoms with Crippen molar-refractivity contribution in [1.29, 1.82) is 0 Å². The molecule has 1 heterocycles. The van der Waals surface area contributed by atoms with Gasteiger partial charge in [-0.2, -0.15) is 11.3 Å². The fraction of sp³-hybridized carbons (Fsp3) is 0. The van der Waals surface area contributed by atoms with Crippen molar-refractivity contribution in [3.8, 4) is 22.3 Å². The molecule has 0 bridgehead atoms. The van der Waals surface area contributed by atoms with Crippen LogP contribution in [0.1, 0.15) is 0 Å². The molecule has 0 unspecified atom stereocenters. The third-order valence-electron chi connectivity index (χ3n) is 4.70. The van der Waals surface area contributed by atoms with Crippen LogP contribution >= 0.6 is 11.3 Å². The van der Waals surface area contributed by atoms with Crippen molar-refractivity contribution in [2.45, 2.75) is 0 Å². The largest absolute Gasteiger partial charge is 0.285 e. The molecule has 118 valence electrons. The summed E-state index contributed by atoms with van der Waals surface area (Å²) < 4.78 is 0. The summed E-state index contributed by atoms with van der Waals surface area (Å²) in [4.78, 5) is 50.3. The van der Waals surface area contributed by atoms with E-state index in [0.29, 0.717) is 16.7 Å². The molecule has 0 radical (unpaired) electrons. The fourth-order valence-corrected chi connectivity index (χ4v) is 4.22. The van der Waals surface area contributed by atoms with Crippen LogP contribution in [0.25, 0.3) is 43.8 Å². The third-order valence-corrected chi connectivity index (χ3v) is 5.38. The van der Waals surface area contributed by atoms with E-state index in [4.69, 9.17) is 0 Å². The Labute approximate surface area is 143 Å². The average molecular weight is 344 g/mol. The monoisotopic (exact) mass is 344 g/mol. The summed E-state index contributed by atoms with van der Waals surface area (Å²) in [6.45, 7) is 0. The van der Waals surface area contributed by atoms with Gasteiger partial charge in [-0.3, -0.25) is 19.2 Å². The maximum Gasteiger partial charge on any atom is 0.234 e. The smallest absolute Gasteiger partial charge is 0.234 e. The summed E-state index contributed by atoms with van der Waals surface area (Å²) in [6.07, 6.45) is 0. The van der Waals surface area contributed by atoms with Crippen molar-refractivity contribution in [1.82, 2.24) is 0 Å².